The maximum absolute atomic E-state index is 11.4. The Morgan fingerprint density at radius 3 is 0.825 bits per heavy atom. The van der Waals surface area contributed by atoms with Crippen LogP contribution in [0.3, 0.4) is 0 Å². The lowest BCUT2D eigenvalue weighted by molar-refractivity contribution is -0.840. The molecule has 0 radical (unpaired) electrons. The number of quaternary nitrogens is 1. The van der Waals surface area contributed by atoms with Gasteiger partial charge >= 0.3 is 0 Å². The Bertz CT molecular complexity index is 432. The molecule has 0 saturated heterocycles. The van der Waals surface area contributed by atoms with Crippen molar-refractivity contribution in [2.24, 2.45) is 0 Å². The molecule has 3 nitrogen and oxygen atoms in total. The summed E-state index contributed by atoms with van der Waals surface area (Å²) in [6, 6.07) is 0. The van der Waals surface area contributed by atoms with Crippen LogP contribution in [-0.4, -0.2) is 50.8 Å². The van der Waals surface area contributed by atoms with Gasteiger partial charge in [-0.1, -0.05) is 181 Å². The molecule has 0 rings (SSSR count). The van der Waals surface area contributed by atoms with Crippen molar-refractivity contribution in [3.8, 4) is 0 Å². The molecule has 0 aliphatic rings. The van der Waals surface area contributed by atoms with Gasteiger partial charge in [0.25, 0.3) is 0 Å². The topological polar surface area (TPSA) is 26.3 Å². The number of hydrogen-bond acceptors (Lipinski definition) is 2. The van der Waals surface area contributed by atoms with Crippen LogP contribution in [0.5, 0.6) is 0 Å². The summed E-state index contributed by atoms with van der Waals surface area (Å²) in [5.74, 6) is 0. The summed E-state index contributed by atoms with van der Waals surface area (Å²) in [5.41, 5.74) is 0. The van der Waals surface area contributed by atoms with E-state index in [1.54, 1.807) is 14.1 Å². The van der Waals surface area contributed by atoms with Crippen molar-refractivity contribution in [2.45, 2.75) is 200 Å². The number of nitrogens with zero attached hydrogens (tertiary/aromatic N) is 2. The first-order valence-electron chi connectivity index (χ1n) is 18.5. The van der Waals surface area contributed by atoms with Crippen LogP contribution in [0, 0.1) is 5.21 Å². The maximum Gasteiger partial charge on any atom is 0.0779 e. The molecule has 0 atom stereocenters. The molecule has 0 N–H and O–H groups in total. The predicted octanol–water partition coefficient (Wildman–Crippen LogP) is 12.5. The van der Waals surface area contributed by atoms with Gasteiger partial charge in [-0.05, 0) is 39.9 Å². The lowest BCUT2D eigenvalue weighted by Crippen LogP contribution is -2.32. The molecule has 0 unspecified atom stereocenters. The predicted molar refractivity (Wildman–Crippen MR) is 184 cm³/mol. The van der Waals surface area contributed by atoms with Gasteiger partial charge in [-0.2, -0.15) is 0 Å². The fourth-order valence-electron chi connectivity index (χ4n) is 5.49. The van der Waals surface area contributed by atoms with E-state index >= 15 is 0 Å². The second kappa shape index (κ2) is 35.1. The van der Waals surface area contributed by atoms with E-state index in [9.17, 15) is 5.21 Å². The number of rotatable bonds is 31. The summed E-state index contributed by atoms with van der Waals surface area (Å²) in [6.07, 6.45) is 41.0. The van der Waals surface area contributed by atoms with Crippen molar-refractivity contribution in [1.82, 2.24) is 4.90 Å². The number of hydroxylamine groups is 3. The van der Waals surface area contributed by atoms with E-state index in [2.05, 4.69) is 32.8 Å². The van der Waals surface area contributed by atoms with Crippen LogP contribution in [0.4, 0.5) is 0 Å². The van der Waals surface area contributed by atoms with E-state index in [0.29, 0.717) is 0 Å². The lowest BCUT2D eigenvalue weighted by atomic mass is 10.0. The van der Waals surface area contributed by atoms with Crippen LogP contribution in [0.1, 0.15) is 200 Å². The Morgan fingerprint density at radius 1 is 0.375 bits per heavy atom. The molecule has 0 amide bonds. The summed E-state index contributed by atoms with van der Waals surface area (Å²) >= 11 is 0. The highest BCUT2D eigenvalue weighted by atomic mass is 16.5. The Labute approximate surface area is 255 Å². The van der Waals surface area contributed by atoms with Crippen molar-refractivity contribution < 1.29 is 4.65 Å². The molecular weight excluding hydrogens is 488 g/mol. The van der Waals surface area contributed by atoms with Gasteiger partial charge in [-0.15, -0.1) is 0 Å². The molecule has 0 aromatic carbocycles. The molecule has 0 bridgehead atoms. The fraction of sp³-hybridized carbons (Fsp3) is 1.00. The second-order valence-electron chi connectivity index (χ2n) is 13.6. The molecule has 244 valence electrons. The molecule has 3 heteroatoms. The average Bonchev–Trinajstić information content (AvgIpc) is 2.90. The first-order chi connectivity index (χ1) is 19.3. The molecule has 0 spiro atoms. The molecule has 0 fully saturated rings. The third kappa shape index (κ3) is 44.9. The van der Waals surface area contributed by atoms with Crippen LogP contribution in [0.25, 0.3) is 0 Å². The van der Waals surface area contributed by atoms with Crippen molar-refractivity contribution in [2.75, 3.05) is 41.3 Å². The Hall–Kier alpha value is -0.120. The zero-order valence-electron chi connectivity index (χ0n) is 29.2. The Kier molecular flexibility index (Phi) is 36.8. The van der Waals surface area contributed by atoms with Gasteiger partial charge in [-0.3, -0.25) is 0 Å². The largest absolute Gasteiger partial charge is 0.633 e. The van der Waals surface area contributed by atoms with Crippen molar-refractivity contribution in [3.63, 3.8) is 0 Å². The first kappa shape index (κ1) is 42.0. The first-order valence-corrected chi connectivity index (χ1v) is 18.5. The molecule has 0 saturated carbocycles. The van der Waals surface area contributed by atoms with E-state index in [0.717, 1.165) is 13.0 Å². The minimum Gasteiger partial charge on any atom is -0.633 e. The van der Waals surface area contributed by atoms with Crippen LogP contribution in [0.15, 0.2) is 0 Å². The summed E-state index contributed by atoms with van der Waals surface area (Å²) in [5, 5.41) is 11.4. The lowest BCUT2D eigenvalue weighted by Gasteiger charge is -2.33. The van der Waals surface area contributed by atoms with Crippen LogP contribution >= 0.6 is 0 Å². The Morgan fingerprint density at radius 2 is 0.600 bits per heavy atom. The van der Waals surface area contributed by atoms with E-state index in [4.69, 9.17) is 0 Å². The monoisotopic (exact) mass is 569 g/mol. The fourth-order valence-corrected chi connectivity index (χ4v) is 5.49. The van der Waals surface area contributed by atoms with Crippen molar-refractivity contribution in [1.29, 1.82) is 0 Å². The van der Waals surface area contributed by atoms with Crippen LogP contribution in [0.2, 0.25) is 0 Å². The maximum atomic E-state index is 11.4. The van der Waals surface area contributed by atoms with Crippen LogP contribution < -0.4 is 0 Å². The molecule has 0 aromatic rings. The standard InChI is InChI=1S/C19H41NO.C18H39N/c1-4-5-6-7-8-9-10-11-12-13-14-15-16-17-18-19-20(2,3)21;1-4-5-6-7-8-9-10-11-12-13-14-15-16-17-18-19(2)3/h4-19H2,1-3H3;4-18H2,1-3H3. The van der Waals surface area contributed by atoms with E-state index in [-0.39, 0.29) is 4.65 Å². The zero-order chi connectivity index (χ0) is 30.0. The summed E-state index contributed by atoms with van der Waals surface area (Å²) in [7, 11) is 7.82. The van der Waals surface area contributed by atoms with Crippen molar-refractivity contribution in [3.05, 3.63) is 5.21 Å². The Balaban J connectivity index is 0. The van der Waals surface area contributed by atoms with Gasteiger partial charge in [0.05, 0.1) is 20.6 Å². The highest BCUT2D eigenvalue weighted by Gasteiger charge is 2.01. The van der Waals surface area contributed by atoms with Gasteiger partial charge in [0.1, 0.15) is 0 Å². The smallest absolute Gasteiger partial charge is 0.0779 e. The molecule has 0 aliphatic heterocycles. The third-order valence-corrected chi connectivity index (χ3v) is 8.26. The summed E-state index contributed by atoms with van der Waals surface area (Å²) in [6.45, 7) is 6.61. The van der Waals surface area contributed by atoms with Gasteiger partial charge < -0.3 is 14.8 Å². The van der Waals surface area contributed by atoms with E-state index < -0.39 is 0 Å². The number of unbranched alkanes of at least 4 members (excludes halogenated alkanes) is 27. The minimum absolute atomic E-state index is 0.127. The average molecular weight is 569 g/mol. The molecule has 0 aromatic heterocycles. The zero-order valence-corrected chi connectivity index (χ0v) is 29.2. The molecule has 0 aliphatic carbocycles. The van der Waals surface area contributed by atoms with E-state index in [1.165, 1.54) is 186 Å². The van der Waals surface area contributed by atoms with E-state index in [1.807, 2.05) is 0 Å². The van der Waals surface area contributed by atoms with Gasteiger partial charge in [0, 0.05) is 0 Å². The van der Waals surface area contributed by atoms with Crippen molar-refractivity contribution >= 4 is 0 Å². The summed E-state index contributed by atoms with van der Waals surface area (Å²) in [4.78, 5) is 2.29. The SMILES string of the molecule is CCCCCCCCCCCCCCCCC[N+](C)(C)[O-].CCCCCCCCCCCCCCCCN(C)C. The summed E-state index contributed by atoms with van der Waals surface area (Å²) < 4.78 is -0.127. The van der Waals surface area contributed by atoms with Gasteiger partial charge in [0.2, 0.25) is 0 Å². The van der Waals surface area contributed by atoms with Gasteiger partial charge in [0.15, 0.2) is 0 Å². The van der Waals surface area contributed by atoms with Gasteiger partial charge in [-0.25, -0.2) is 0 Å². The minimum atomic E-state index is -0.127. The highest BCUT2D eigenvalue weighted by Crippen LogP contribution is 2.14. The quantitative estimate of drug-likeness (QED) is 0.0472. The number of hydrogen-bond donors (Lipinski definition) is 0. The molecular formula is C37H80N2O. The van der Waals surface area contributed by atoms with Crippen LogP contribution in [-0.2, 0) is 0 Å². The highest BCUT2D eigenvalue weighted by molar-refractivity contribution is 4.51. The molecule has 0 heterocycles. The second-order valence-corrected chi connectivity index (χ2v) is 13.6. The molecule has 40 heavy (non-hydrogen) atoms. The normalized spacial score (nSPS) is 11.7. The third-order valence-electron chi connectivity index (χ3n) is 8.26.